The molecule has 2 aliphatic rings. The first kappa shape index (κ1) is 13.0. The summed E-state index contributed by atoms with van der Waals surface area (Å²) in [6.07, 6.45) is 4.36. The molecule has 5 heteroatoms. The van der Waals surface area contributed by atoms with Crippen LogP contribution in [-0.4, -0.2) is 42.8 Å². The van der Waals surface area contributed by atoms with Crippen LogP contribution in [0.3, 0.4) is 0 Å². The molecule has 20 heavy (non-hydrogen) atoms. The number of ether oxygens (including phenoxy) is 1. The Balaban J connectivity index is 1.63. The molecular weight excluding hydrogens is 256 g/mol. The number of hydrogen-bond donors (Lipinski definition) is 0. The van der Waals surface area contributed by atoms with E-state index in [0.717, 1.165) is 25.0 Å². The summed E-state index contributed by atoms with van der Waals surface area (Å²) >= 11 is 0. The van der Waals surface area contributed by atoms with Crippen molar-refractivity contribution in [1.29, 1.82) is 0 Å². The van der Waals surface area contributed by atoms with Gasteiger partial charge in [-0.3, -0.25) is 4.79 Å². The van der Waals surface area contributed by atoms with Crippen LogP contribution in [0.25, 0.3) is 0 Å². The summed E-state index contributed by atoms with van der Waals surface area (Å²) in [6.45, 7) is 1.43. The standard InChI is InChI=1S/C15H18N2O3/c1-19-13-4-2-12(3-5-13)14(18)17-10-7-15(8-11-17)6-9-16-20-15/h2-5,9H,6-8,10-11H2,1H3. The van der Waals surface area contributed by atoms with Gasteiger partial charge >= 0.3 is 0 Å². The van der Waals surface area contributed by atoms with Crippen molar-refractivity contribution in [3.8, 4) is 5.75 Å². The molecule has 1 fully saturated rings. The molecule has 1 saturated heterocycles. The van der Waals surface area contributed by atoms with Gasteiger partial charge < -0.3 is 14.5 Å². The summed E-state index contributed by atoms with van der Waals surface area (Å²) in [5.41, 5.74) is 0.543. The van der Waals surface area contributed by atoms with E-state index in [9.17, 15) is 4.79 Å². The number of methoxy groups -OCH3 is 1. The maximum atomic E-state index is 12.4. The van der Waals surface area contributed by atoms with Gasteiger partial charge in [0.25, 0.3) is 5.91 Å². The van der Waals surface area contributed by atoms with Gasteiger partial charge in [0.05, 0.1) is 7.11 Å². The summed E-state index contributed by atoms with van der Waals surface area (Å²) in [7, 11) is 1.62. The zero-order valence-electron chi connectivity index (χ0n) is 11.5. The Morgan fingerprint density at radius 3 is 2.55 bits per heavy atom. The van der Waals surface area contributed by atoms with E-state index in [-0.39, 0.29) is 11.5 Å². The highest BCUT2D eigenvalue weighted by Crippen LogP contribution is 2.32. The maximum absolute atomic E-state index is 12.4. The van der Waals surface area contributed by atoms with Crippen LogP contribution in [-0.2, 0) is 4.84 Å². The van der Waals surface area contributed by atoms with E-state index >= 15 is 0 Å². The lowest BCUT2D eigenvalue weighted by molar-refractivity contribution is -0.0568. The van der Waals surface area contributed by atoms with Crippen molar-refractivity contribution in [1.82, 2.24) is 4.90 Å². The van der Waals surface area contributed by atoms with Crippen molar-refractivity contribution in [3.63, 3.8) is 0 Å². The molecule has 0 N–H and O–H groups in total. The summed E-state index contributed by atoms with van der Waals surface area (Å²) in [5, 5.41) is 3.87. The van der Waals surface area contributed by atoms with Crippen molar-refractivity contribution >= 4 is 12.1 Å². The van der Waals surface area contributed by atoms with Gasteiger partial charge in [0.1, 0.15) is 11.4 Å². The number of likely N-dealkylation sites (tertiary alicyclic amines) is 1. The van der Waals surface area contributed by atoms with E-state index in [1.165, 1.54) is 0 Å². The topological polar surface area (TPSA) is 51.1 Å². The molecule has 2 aliphatic heterocycles. The number of hydrogen-bond acceptors (Lipinski definition) is 4. The fraction of sp³-hybridized carbons (Fsp3) is 0.467. The molecule has 5 nitrogen and oxygen atoms in total. The molecule has 1 spiro atoms. The number of rotatable bonds is 2. The third-order valence-electron chi connectivity index (χ3n) is 4.08. The second-order valence-corrected chi connectivity index (χ2v) is 5.29. The molecule has 2 heterocycles. The minimum Gasteiger partial charge on any atom is -0.497 e. The molecule has 0 radical (unpaired) electrons. The van der Waals surface area contributed by atoms with Crippen molar-refractivity contribution in [3.05, 3.63) is 29.8 Å². The molecule has 106 valence electrons. The van der Waals surface area contributed by atoms with Crippen LogP contribution in [0.1, 0.15) is 29.6 Å². The van der Waals surface area contributed by atoms with Crippen LogP contribution in [0.15, 0.2) is 29.4 Å². The van der Waals surface area contributed by atoms with Crippen LogP contribution in [0, 0.1) is 0 Å². The van der Waals surface area contributed by atoms with Crippen molar-refractivity contribution < 1.29 is 14.4 Å². The van der Waals surface area contributed by atoms with Gasteiger partial charge in [-0.2, -0.15) is 0 Å². The van der Waals surface area contributed by atoms with E-state index in [0.29, 0.717) is 18.7 Å². The Hall–Kier alpha value is -2.04. The van der Waals surface area contributed by atoms with Gasteiger partial charge in [-0.1, -0.05) is 5.16 Å². The Morgan fingerprint density at radius 2 is 2.00 bits per heavy atom. The van der Waals surface area contributed by atoms with Crippen LogP contribution in [0.5, 0.6) is 5.75 Å². The second kappa shape index (κ2) is 5.15. The van der Waals surface area contributed by atoms with Gasteiger partial charge in [-0.15, -0.1) is 0 Å². The predicted octanol–water partition coefficient (Wildman–Crippen LogP) is 2.08. The van der Waals surface area contributed by atoms with Crippen LogP contribution < -0.4 is 4.74 Å². The Morgan fingerprint density at radius 1 is 1.30 bits per heavy atom. The summed E-state index contributed by atoms with van der Waals surface area (Å²) < 4.78 is 5.10. The molecule has 0 atom stereocenters. The van der Waals surface area contributed by atoms with E-state index in [1.54, 1.807) is 19.2 Å². The molecule has 0 aromatic heterocycles. The molecule has 1 amide bonds. The number of benzene rings is 1. The average Bonchev–Trinajstić information content (AvgIpc) is 2.96. The van der Waals surface area contributed by atoms with Crippen molar-refractivity contribution in [2.45, 2.75) is 24.9 Å². The lowest BCUT2D eigenvalue weighted by atomic mass is 9.89. The monoisotopic (exact) mass is 274 g/mol. The quantitative estimate of drug-likeness (QED) is 0.829. The number of amides is 1. The first-order valence-electron chi connectivity index (χ1n) is 6.86. The van der Waals surface area contributed by atoms with Gasteiger partial charge in [-0.05, 0) is 24.3 Å². The molecule has 1 aromatic rings. The van der Waals surface area contributed by atoms with E-state index < -0.39 is 0 Å². The van der Waals surface area contributed by atoms with Gasteiger partial charge in [0.2, 0.25) is 0 Å². The van der Waals surface area contributed by atoms with Crippen LogP contribution >= 0.6 is 0 Å². The minimum atomic E-state index is -0.156. The highest BCUT2D eigenvalue weighted by Gasteiger charge is 2.39. The van der Waals surface area contributed by atoms with Crippen molar-refractivity contribution in [2.24, 2.45) is 5.16 Å². The molecule has 0 saturated carbocycles. The number of piperidine rings is 1. The summed E-state index contributed by atoms with van der Waals surface area (Å²) in [4.78, 5) is 19.8. The largest absolute Gasteiger partial charge is 0.497 e. The average molecular weight is 274 g/mol. The fourth-order valence-corrected chi connectivity index (χ4v) is 2.72. The zero-order chi connectivity index (χ0) is 14.0. The summed E-state index contributed by atoms with van der Waals surface area (Å²) in [5.74, 6) is 0.831. The van der Waals surface area contributed by atoms with Crippen LogP contribution in [0.2, 0.25) is 0 Å². The van der Waals surface area contributed by atoms with Gasteiger partial charge in [0.15, 0.2) is 0 Å². The first-order chi connectivity index (χ1) is 9.72. The number of nitrogens with zero attached hydrogens (tertiary/aromatic N) is 2. The van der Waals surface area contributed by atoms with Crippen molar-refractivity contribution in [2.75, 3.05) is 20.2 Å². The molecule has 0 aliphatic carbocycles. The Kier molecular flexibility index (Phi) is 3.34. The Bertz CT molecular complexity index is 506. The SMILES string of the molecule is COc1ccc(C(=O)N2CCC3(CC=NO3)CC2)cc1. The number of carbonyl (C=O) groups is 1. The lowest BCUT2D eigenvalue weighted by Gasteiger charge is -2.37. The minimum absolute atomic E-state index is 0.0708. The maximum Gasteiger partial charge on any atom is 0.253 e. The van der Waals surface area contributed by atoms with E-state index in [2.05, 4.69) is 5.16 Å². The highest BCUT2D eigenvalue weighted by atomic mass is 16.7. The second-order valence-electron chi connectivity index (χ2n) is 5.29. The molecule has 1 aromatic carbocycles. The smallest absolute Gasteiger partial charge is 0.253 e. The normalized spacial score (nSPS) is 19.9. The highest BCUT2D eigenvalue weighted by molar-refractivity contribution is 5.94. The molecule has 0 unspecified atom stereocenters. The molecular formula is C15H18N2O3. The molecule has 0 bridgehead atoms. The third-order valence-corrected chi connectivity index (χ3v) is 4.08. The lowest BCUT2D eigenvalue weighted by Crippen LogP contribution is -2.46. The van der Waals surface area contributed by atoms with E-state index in [4.69, 9.17) is 9.57 Å². The predicted molar refractivity (Wildman–Crippen MR) is 75.1 cm³/mol. The Labute approximate surface area is 118 Å². The zero-order valence-corrected chi connectivity index (χ0v) is 11.5. The van der Waals surface area contributed by atoms with Gasteiger partial charge in [0, 0.05) is 44.1 Å². The van der Waals surface area contributed by atoms with E-state index in [1.807, 2.05) is 23.2 Å². The van der Waals surface area contributed by atoms with Crippen LogP contribution in [0.4, 0.5) is 0 Å². The van der Waals surface area contributed by atoms with Gasteiger partial charge in [-0.25, -0.2) is 0 Å². The molecule has 3 rings (SSSR count). The first-order valence-corrected chi connectivity index (χ1v) is 6.86. The summed E-state index contributed by atoms with van der Waals surface area (Å²) in [6, 6.07) is 7.24. The fourth-order valence-electron chi connectivity index (χ4n) is 2.72. The number of carbonyl (C=O) groups excluding carboxylic acids is 1. The third kappa shape index (κ3) is 2.35. The number of oxime groups is 1.